The Kier molecular flexibility index (Phi) is 5.15. The minimum absolute atomic E-state index is 0.0284. The lowest BCUT2D eigenvalue weighted by molar-refractivity contribution is -0.117. The molecular formula is C16H14N4O3S2. The summed E-state index contributed by atoms with van der Waals surface area (Å²) >= 11 is 2.47. The number of aromatic nitrogens is 2. The third kappa shape index (κ3) is 4.06. The van der Waals surface area contributed by atoms with Gasteiger partial charge >= 0.3 is 6.03 Å². The minimum atomic E-state index is -0.604. The molecule has 0 saturated carbocycles. The summed E-state index contributed by atoms with van der Waals surface area (Å²) in [6.45, 7) is 0. The molecule has 0 spiro atoms. The van der Waals surface area contributed by atoms with E-state index >= 15 is 0 Å². The van der Waals surface area contributed by atoms with E-state index in [1.807, 2.05) is 6.07 Å². The van der Waals surface area contributed by atoms with Crippen LogP contribution in [0.25, 0.3) is 10.2 Å². The van der Waals surface area contributed by atoms with Gasteiger partial charge in [-0.2, -0.15) is 0 Å². The number of thiophene rings is 1. The van der Waals surface area contributed by atoms with Crippen LogP contribution in [0.1, 0.15) is 0 Å². The van der Waals surface area contributed by atoms with E-state index in [0.717, 1.165) is 11.8 Å². The SMILES string of the molecule is Cn1c(SCC(=O)NC(=O)Nc2ccccc2)nc2sccc2c1=O. The molecule has 0 radical (unpaired) electrons. The summed E-state index contributed by atoms with van der Waals surface area (Å²) in [4.78, 5) is 40.9. The van der Waals surface area contributed by atoms with Gasteiger partial charge in [0.1, 0.15) is 4.83 Å². The number of fused-ring (bicyclic) bond motifs is 1. The molecule has 3 amide bonds. The van der Waals surface area contributed by atoms with Crippen molar-refractivity contribution in [1.29, 1.82) is 0 Å². The molecule has 3 rings (SSSR count). The molecule has 0 unspecified atom stereocenters. The summed E-state index contributed by atoms with van der Waals surface area (Å²) in [6.07, 6.45) is 0. The van der Waals surface area contributed by atoms with E-state index in [4.69, 9.17) is 0 Å². The zero-order chi connectivity index (χ0) is 17.8. The maximum atomic E-state index is 12.2. The third-order valence-electron chi connectivity index (χ3n) is 3.28. The second-order valence-electron chi connectivity index (χ2n) is 5.05. The van der Waals surface area contributed by atoms with Crippen LogP contribution in [-0.4, -0.2) is 27.2 Å². The van der Waals surface area contributed by atoms with Crippen molar-refractivity contribution in [1.82, 2.24) is 14.9 Å². The molecule has 9 heteroatoms. The fraction of sp³-hybridized carbons (Fsp3) is 0.125. The molecule has 0 atom stereocenters. The number of carbonyl (C=O) groups is 2. The Bertz CT molecular complexity index is 982. The van der Waals surface area contributed by atoms with Gasteiger partial charge in [-0.15, -0.1) is 11.3 Å². The average Bonchev–Trinajstić information content (AvgIpc) is 3.06. The van der Waals surface area contributed by atoms with Gasteiger partial charge in [0.05, 0.1) is 11.1 Å². The molecule has 3 aromatic rings. The molecule has 0 fully saturated rings. The fourth-order valence-electron chi connectivity index (χ4n) is 2.09. The van der Waals surface area contributed by atoms with E-state index in [9.17, 15) is 14.4 Å². The van der Waals surface area contributed by atoms with Crippen LogP contribution >= 0.6 is 23.1 Å². The molecule has 0 bridgehead atoms. The summed E-state index contributed by atoms with van der Waals surface area (Å²) in [5.41, 5.74) is 0.434. The smallest absolute Gasteiger partial charge is 0.308 e. The molecule has 0 aliphatic carbocycles. The second kappa shape index (κ2) is 7.49. The minimum Gasteiger partial charge on any atom is -0.308 e. The number of hydrogen-bond donors (Lipinski definition) is 2. The van der Waals surface area contributed by atoms with E-state index in [1.54, 1.807) is 42.8 Å². The van der Waals surface area contributed by atoms with E-state index in [2.05, 4.69) is 15.6 Å². The topological polar surface area (TPSA) is 93.1 Å². The van der Waals surface area contributed by atoms with Gasteiger partial charge in [-0.3, -0.25) is 19.5 Å². The lowest BCUT2D eigenvalue weighted by Crippen LogP contribution is -2.35. The molecule has 0 saturated heterocycles. The quantitative estimate of drug-likeness (QED) is 0.540. The van der Waals surface area contributed by atoms with Gasteiger partial charge in [0.2, 0.25) is 5.91 Å². The summed E-state index contributed by atoms with van der Waals surface area (Å²) in [5.74, 6) is -0.502. The summed E-state index contributed by atoms with van der Waals surface area (Å²) < 4.78 is 1.40. The molecule has 0 aliphatic rings. The van der Waals surface area contributed by atoms with Crippen LogP contribution in [0, 0.1) is 0 Å². The van der Waals surface area contributed by atoms with Crippen molar-refractivity contribution in [2.45, 2.75) is 5.16 Å². The lowest BCUT2D eigenvalue weighted by Gasteiger charge is -2.08. The summed E-state index contributed by atoms with van der Waals surface area (Å²) in [7, 11) is 1.61. The second-order valence-corrected chi connectivity index (χ2v) is 6.89. The molecule has 2 N–H and O–H groups in total. The fourth-order valence-corrected chi connectivity index (χ4v) is 3.66. The highest BCUT2D eigenvalue weighted by molar-refractivity contribution is 7.99. The van der Waals surface area contributed by atoms with Crippen LogP contribution in [0.2, 0.25) is 0 Å². The Balaban J connectivity index is 1.60. The van der Waals surface area contributed by atoms with E-state index < -0.39 is 11.9 Å². The van der Waals surface area contributed by atoms with Gasteiger partial charge in [-0.25, -0.2) is 9.78 Å². The first-order valence-electron chi connectivity index (χ1n) is 7.27. The van der Waals surface area contributed by atoms with Crippen molar-refractivity contribution in [3.63, 3.8) is 0 Å². The lowest BCUT2D eigenvalue weighted by atomic mass is 10.3. The predicted octanol–water partition coefficient (Wildman–Crippen LogP) is 2.44. The molecule has 0 aliphatic heterocycles. The first-order chi connectivity index (χ1) is 12.0. The van der Waals surface area contributed by atoms with Crippen LogP contribution in [0.3, 0.4) is 0 Å². The first-order valence-corrected chi connectivity index (χ1v) is 9.14. The van der Waals surface area contributed by atoms with E-state index in [1.165, 1.54) is 15.9 Å². The number of carbonyl (C=O) groups excluding carboxylic acids is 2. The van der Waals surface area contributed by atoms with Gasteiger partial charge in [-0.05, 0) is 23.6 Å². The Morgan fingerprint density at radius 1 is 1.24 bits per heavy atom. The monoisotopic (exact) mass is 374 g/mol. The zero-order valence-electron chi connectivity index (χ0n) is 13.2. The van der Waals surface area contributed by atoms with Crippen LogP contribution in [0.15, 0.2) is 51.7 Å². The summed E-state index contributed by atoms with van der Waals surface area (Å²) in [6, 6.07) is 9.94. The van der Waals surface area contributed by atoms with Crippen LogP contribution in [0.4, 0.5) is 10.5 Å². The number of nitrogens with zero attached hydrogens (tertiary/aromatic N) is 2. The Morgan fingerprint density at radius 3 is 2.76 bits per heavy atom. The van der Waals surface area contributed by atoms with Crippen molar-refractivity contribution < 1.29 is 9.59 Å². The Labute approximate surface area is 151 Å². The largest absolute Gasteiger partial charge is 0.325 e. The maximum Gasteiger partial charge on any atom is 0.325 e. The number of benzene rings is 1. The highest BCUT2D eigenvalue weighted by atomic mass is 32.2. The number of thioether (sulfide) groups is 1. The zero-order valence-corrected chi connectivity index (χ0v) is 14.8. The average molecular weight is 374 g/mol. The number of hydrogen-bond acceptors (Lipinski definition) is 6. The number of nitrogens with one attached hydrogen (secondary N) is 2. The number of rotatable bonds is 4. The van der Waals surface area contributed by atoms with E-state index in [-0.39, 0.29) is 11.3 Å². The molecule has 25 heavy (non-hydrogen) atoms. The standard InChI is InChI=1S/C16H14N4O3S2/c1-20-14(22)11-7-8-24-13(11)19-16(20)25-9-12(21)18-15(23)17-10-5-3-2-4-6-10/h2-8H,9H2,1H3,(H2,17,18,21,23). The van der Waals surface area contributed by atoms with Crippen LogP contribution in [-0.2, 0) is 11.8 Å². The molecular weight excluding hydrogens is 360 g/mol. The number of anilines is 1. The van der Waals surface area contributed by atoms with Crippen LogP contribution < -0.4 is 16.2 Å². The predicted molar refractivity (Wildman–Crippen MR) is 99.2 cm³/mol. The normalized spacial score (nSPS) is 10.6. The van der Waals surface area contributed by atoms with Gasteiger partial charge in [0.15, 0.2) is 5.16 Å². The van der Waals surface area contributed by atoms with Gasteiger partial charge < -0.3 is 5.32 Å². The van der Waals surface area contributed by atoms with Gasteiger partial charge in [0.25, 0.3) is 5.56 Å². The third-order valence-corrected chi connectivity index (χ3v) is 5.12. The van der Waals surface area contributed by atoms with Crippen LogP contribution in [0.5, 0.6) is 0 Å². The molecule has 128 valence electrons. The highest BCUT2D eigenvalue weighted by Crippen LogP contribution is 2.20. The van der Waals surface area contributed by atoms with Crippen molar-refractivity contribution in [3.05, 3.63) is 52.1 Å². The molecule has 2 heterocycles. The van der Waals surface area contributed by atoms with Gasteiger partial charge in [-0.1, -0.05) is 30.0 Å². The maximum absolute atomic E-state index is 12.2. The van der Waals surface area contributed by atoms with Crippen molar-refractivity contribution in [2.24, 2.45) is 7.05 Å². The summed E-state index contributed by atoms with van der Waals surface area (Å²) in [5, 5.41) is 7.59. The number of para-hydroxylation sites is 1. The molecule has 2 aromatic heterocycles. The van der Waals surface area contributed by atoms with E-state index in [0.29, 0.717) is 21.1 Å². The van der Waals surface area contributed by atoms with Crippen molar-refractivity contribution in [3.8, 4) is 0 Å². The molecule has 1 aromatic carbocycles. The number of urea groups is 1. The van der Waals surface area contributed by atoms with Gasteiger partial charge in [0, 0.05) is 12.7 Å². The van der Waals surface area contributed by atoms with Crippen molar-refractivity contribution >= 4 is 50.9 Å². The number of amides is 3. The molecule has 7 nitrogen and oxygen atoms in total. The first kappa shape index (κ1) is 17.2. The number of imide groups is 1. The highest BCUT2D eigenvalue weighted by Gasteiger charge is 2.13. The Morgan fingerprint density at radius 2 is 2.00 bits per heavy atom. The Hall–Kier alpha value is -2.65. The van der Waals surface area contributed by atoms with Crippen molar-refractivity contribution in [2.75, 3.05) is 11.1 Å².